The third-order valence-electron chi connectivity index (χ3n) is 4.38. The maximum Gasteiger partial charge on any atom is 0.233 e. The average Bonchev–Trinajstić information content (AvgIpc) is 3.09. The number of ether oxygens (including phenoxy) is 2. The van der Waals surface area contributed by atoms with Crippen LogP contribution >= 0.6 is 0 Å². The van der Waals surface area contributed by atoms with Crippen molar-refractivity contribution in [2.45, 2.75) is 49.7 Å². The first-order valence-electron chi connectivity index (χ1n) is 6.98. The van der Waals surface area contributed by atoms with Gasteiger partial charge >= 0.3 is 0 Å². The Labute approximate surface area is 112 Å². The van der Waals surface area contributed by atoms with Crippen LogP contribution < -0.4 is 5.73 Å². The van der Waals surface area contributed by atoms with Crippen molar-refractivity contribution in [1.29, 1.82) is 0 Å². The molecule has 2 heterocycles. The molecule has 0 radical (unpaired) electrons. The van der Waals surface area contributed by atoms with Gasteiger partial charge in [-0.2, -0.15) is 4.98 Å². The fourth-order valence-electron chi connectivity index (χ4n) is 3.04. The van der Waals surface area contributed by atoms with E-state index in [1.165, 1.54) is 0 Å². The van der Waals surface area contributed by atoms with Crippen LogP contribution in [-0.2, 0) is 15.1 Å². The first-order valence-corrected chi connectivity index (χ1v) is 6.98. The predicted octanol–water partition coefficient (Wildman–Crippen LogP) is 1.32. The van der Waals surface area contributed by atoms with Gasteiger partial charge in [-0.15, -0.1) is 0 Å². The van der Waals surface area contributed by atoms with Gasteiger partial charge in [-0.1, -0.05) is 5.16 Å². The van der Waals surface area contributed by atoms with E-state index in [1.807, 2.05) is 0 Å². The summed E-state index contributed by atoms with van der Waals surface area (Å²) in [5.41, 5.74) is 5.74. The third kappa shape index (κ3) is 2.28. The average molecular weight is 267 g/mol. The van der Waals surface area contributed by atoms with Crippen molar-refractivity contribution in [3.05, 3.63) is 11.7 Å². The molecule has 2 unspecified atom stereocenters. The third-order valence-corrected chi connectivity index (χ3v) is 4.38. The minimum Gasteiger partial charge on any atom is -0.381 e. The monoisotopic (exact) mass is 267 g/mol. The van der Waals surface area contributed by atoms with Gasteiger partial charge in [0.25, 0.3) is 0 Å². The van der Waals surface area contributed by atoms with Gasteiger partial charge in [0.15, 0.2) is 0 Å². The van der Waals surface area contributed by atoms with Crippen LogP contribution in [0.2, 0.25) is 0 Å². The highest BCUT2D eigenvalue weighted by Crippen LogP contribution is 2.40. The molecule has 0 aromatic carbocycles. The Morgan fingerprint density at radius 2 is 2.16 bits per heavy atom. The Bertz CT molecular complexity index is 429. The number of nitrogens with two attached hydrogens (primary N) is 1. The number of rotatable bonds is 3. The molecule has 2 N–H and O–H groups in total. The lowest BCUT2D eigenvalue weighted by Gasteiger charge is -2.26. The quantitative estimate of drug-likeness (QED) is 0.889. The Morgan fingerprint density at radius 3 is 2.84 bits per heavy atom. The number of nitrogens with zero attached hydrogens (tertiary/aromatic N) is 2. The zero-order valence-electron chi connectivity index (χ0n) is 11.3. The number of methoxy groups -OCH3 is 1. The Kier molecular flexibility index (Phi) is 3.56. The Morgan fingerprint density at radius 1 is 1.37 bits per heavy atom. The molecule has 1 aromatic heterocycles. The fourth-order valence-corrected chi connectivity index (χ4v) is 3.04. The zero-order valence-corrected chi connectivity index (χ0v) is 11.3. The second-order valence-electron chi connectivity index (χ2n) is 5.50. The molecule has 1 aromatic rings. The van der Waals surface area contributed by atoms with Crippen LogP contribution in [0.3, 0.4) is 0 Å². The molecule has 0 amide bonds. The van der Waals surface area contributed by atoms with E-state index >= 15 is 0 Å². The molecular formula is C13H21N3O3. The van der Waals surface area contributed by atoms with Crippen molar-refractivity contribution >= 4 is 0 Å². The van der Waals surface area contributed by atoms with Crippen molar-refractivity contribution in [2.75, 3.05) is 20.3 Å². The molecule has 1 saturated heterocycles. The van der Waals surface area contributed by atoms with Crippen LogP contribution in [0.4, 0.5) is 0 Å². The van der Waals surface area contributed by atoms with Crippen molar-refractivity contribution in [1.82, 2.24) is 10.1 Å². The maximum atomic E-state index is 6.10. The number of aromatic nitrogens is 2. The van der Waals surface area contributed by atoms with Crippen LogP contribution in [-0.4, -0.2) is 36.5 Å². The van der Waals surface area contributed by atoms with Crippen molar-refractivity contribution < 1.29 is 14.0 Å². The minimum absolute atomic E-state index is 0.00492. The van der Waals surface area contributed by atoms with E-state index in [9.17, 15) is 0 Å². The lowest BCUT2D eigenvalue weighted by atomic mass is 9.96. The molecule has 1 aliphatic heterocycles. The molecule has 0 bridgehead atoms. The van der Waals surface area contributed by atoms with Crippen LogP contribution in [0.1, 0.15) is 49.7 Å². The van der Waals surface area contributed by atoms with E-state index in [0.717, 1.165) is 32.1 Å². The molecule has 19 heavy (non-hydrogen) atoms. The molecule has 2 aliphatic rings. The van der Waals surface area contributed by atoms with E-state index in [2.05, 4.69) is 10.1 Å². The van der Waals surface area contributed by atoms with E-state index in [1.54, 1.807) is 7.11 Å². The van der Waals surface area contributed by atoms with Crippen LogP contribution in [0.5, 0.6) is 0 Å². The molecule has 1 saturated carbocycles. The summed E-state index contributed by atoms with van der Waals surface area (Å²) in [5, 5.41) is 4.13. The van der Waals surface area contributed by atoms with Gasteiger partial charge in [-0.05, 0) is 32.1 Å². The van der Waals surface area contributed by atoms with E-state index in [4.69, 9.17) is 19.7 Å². The summed E-state index contributed by atoms with van der Waals surface area (Å²) in [4.78, 5) is 4.55. The van der Waals surface area contributed by atoms with Gasteiger partial charge in [0.2, 0.25) is 11.7 Å². The standard InChI is InChI=1S/C13H21N3O3/c1-17-13(5-2-3-6-13)12-15-11(19-16-12)9-8-18-7-4-10(9)14/h9-10H,2-8,14H2,1H3. The van der Waals surface area contributed by atoms with Crippen LogP contribution in [0, 0.1) is 0 Å². The summed E-state index contributed by atoms with van der Waals surface area (Å²) < 4.78 is 16.5. The lowest BCUT2D eigenvalue weighted by Crippen LogP contribution is -2.37. The van der Waals surface area contributed by atoms with Gasteiger partial charge in [0, 0.05) is 19.8 Å². The number of hydrogen-bond acceptors (Lipinski definition) is 6. The van der Waals surface area contributed by atoms with Crippen molar-refractivity contribution in [3.8, 4) is 0 Å². The van der Waals surface area contributed by atoms with Gasteiger partial charge in [0.05, 0.1) is 12.5 Å². The summed E-state index contributed by atoms with van der Waals surface area (Å²) in [6.07, 6.45) is 5.02. The molecule has 2 fully saturated rings. The molecule has 6 heteroatoms. The zero-order chi connectivity index (χ0) is 13.3. The highest BCUT2D eigenvalue weighted by atomic mass is 16.5. The van der Waals surface area contributed by atoms with Crippen LogP contribution in [0.15, 0.2) is 4.52 Å². The van der Waals surface area contributed by atoms with Crippen molar-refractivity contribution in [3.63, 3.8) is 0 Å². The Balaban J connectivity index is 1.82. The molecular weight excluding hydrogens is 246 g/mol. The summed E-state index contributed by atoms with van der Waals surface area (Å²) in [5.74, 6) is 1.26. The van der Waals surface area contributed by atoms with Gasteiger partial charge in [0.1, 0.15) is 5.60 Å². The predicted molar refractivity (Wildman–Crippen MR) is 67.6 cm³/mol. The van der Waals surface area contributed by atoms with E-state index in [0.29, 0.717) is 24.9 Å². The normalized spacial score (nSPS) is 30.6. The summed E-state index contributed by atoms with van der Waals surface area (Å²) in [7, 11) is 1.72. The van der Waals surface area contributed by atoms with Crippen LogP contribution in [0.25, 0.3) is 0 Å². The first-order chi connectivity index (χ1) is 9.25. The summed E-state index contributed by atoms with van der Waals surface area (Å²) >= 11 is 0. The topological polar surface area (TPSA) is 83.4 Å². The summed E-state index contributed by atoms with van der Waals surface area (Å²) in [6.45, 7) is 1.27. The smallest absolute Gasteiger partial charge is 0.233 e. The second-order valence-corrected chi connectivity index (χ2v) is 5.50. The first kappa shape index (κ1) is 13.0. The van der Waals surface area contributed by atoms with Gasteiger partial charge < -0.3 is 19.7 Å². The van der Waals surface area contributed by atoms with Gasteiger partial charge in [-0.3, -0.25) is 0 Å². The SMILES string of the molecule is COC1(c2noc(C3COCCC3N)n2)CCCC1. The van der Waals surface area contributed by atoms with E-state index < -0.39 is 0 Å². The highest BCUT2D eigenvalue weighted by Gasteiger charge is 2.41. The minimum atomic E-state index is -0.360. The highest BCUT2D eigenvalue weighted by molar-refractivity contribution is 5.08. The van der Waals surface area contributed by atoms with E-state index in [-0.39, 0.29) is 17.6 Å². The summed E-state index contributed by atoms with van der Waals surface area (Å²) in [6, 6.07) is 0.0316. The molecule has 2 atom stereocenters. The largest absolute Gasteiger partial charge is 0.381 e. The number of hydrogen-bond donors (Lipinski definition) is 1. The second kappa shape index (κ2) is 5.19. The Hall–Kier alpha value is -0.980. The lowest BCUT2D eigenvalue weighted by molar-refractivity contribution is -0.0178. The fraction of sp³-hybridized carbons (Fsp3) is 0.846. The molecule has 6 nitrogen and oxygen atoms in total. The molecule has 0 spiro atoms. The molecule has 3 rings (SSSR count). The van der Waals surface area contributed by atoms with Gasteiger partial charge in [-0.25, -0.2) is 0 Å². The molecule has 106 valence electrons. The molecule has 1 aliphatic carbocycles. The maximum absolute atomic E-state index is 6.10. The van der Waals surface area contributed by atoms with Crippen molar-refractivity contribution in [2.24, 2.45) is 5.73 Å².